The lowest BCUT2D eigenvalue weighted by atomic mass is 9.72. The summed E-state index contributed by atoms with van der Waals surface area (Å²) in [6.07, 6.45) is 0.955. The van der Waals surface area contributed by atoms with E-state index in [2.05, 4.69) is 20.8 Å². The molecular weight excluding hydrogens is 192 g/mol. The highest BCUT2D eigenvalue weighted by molar-refractivity contribution is 5.67. The van der Waals surface area contributed by atoms with Crippen molar-refractivity contribution in [2.75, 3.05) is 6.54 Å². The summed E-state index contributed by atoms with van der Waals surface area (Å²) in [4.78, 5) is 12.9. The van der Waals surface area contributed by atoms with Gasteiger partial charge in [-0.2, -0.15) is 0 Å². The molecule has 2 fully saturated rings. The lowest BCUT2D eigenvalue weighted by molar-refractivity contribution is 0.0200. The largest absolute Gasteiger partial charge is 0.465 e. The van der Waals surface area contributed by atoms with E-state index in [0.29, 0.717) is 12.5 Å². The smallest absolute Gasteiger partial charge is 0.407 e. The first-order chi connectivity index (χ1) is 6.78. The summed E-state index contributed by atoms with van der Waals surface area (Å²) in [5.41, 5.74) is 5.78. The summed E-state index contributed by atoms with van der Waals surface area (Å²) < 4.78 is 0. The van der Waals surface area contributed by atoms with Crippen molar-refractivity contribution in [2.45, 2.75) is 45.2 Å². The van der Waals surface area contributed by atoms with Crippen LogP contribution in [0.5, 0.6) is 0 Å². The van der Waals surface area contributed by atoms with Gasteiger partial charge in [0.2, 0.25) is 0 Å². The van der Waals surface area contributed by atoms with Crippen molar-refractivity contribution in [3.63, 3.8) is 0 Å². The van der Waals surface area contributed by atoms with Crippen molar-refractivity contribution in [1.82, 2.24) is 4.90 Å². The normalized spacial score (nSPS) is 39.9. The first-order valence-corrected chi connectivity index (χ1v) is 5.54. The Morgan fingerprint density at radius 1 is 1.47 bits per heavy atom. The molecule has 1 saturated carbocycles. The number of nitrogens with zero attached hydrogens (tertiary/aromatic N) is 1. The Morgan fingerprint density at radius 3 is 2.47 bits per heavy atom. The summed E-state index contributed by atoms with van der Waals surface area (Å²) in [6.45, 7) is 6.96. The van der Waals surface area contributed by atoms with Crippen LogP contribution in [0.15, 0.2) is 0 Å². The highest BCUT2D eigenvalue weighted by Gasteiger charge is 2.61. The fourth-order valence-corrected chi connectivity index (χ4v) is 3.33. The third kappa shape index (κ3) is 1.27. The second-order valence-corrected chi connectivity index (χ2v) is 6.01. The predicted molar refractivity (Wildman–Crippen MR) is 57.6 cm³/mol. The number of carbonyl (C=O) groups is 1. The summed E-state index contributed by atoms with van der Waals surface area (Å²) in [5, 5.41) is 9.24. The van der Waals surface area contributed by atoms with Crippen molar-refractivity contribution in [3.05, 3.63) is 0 Å². The molecule has 3 N–H and O–H groups in total. The standard InChI is InChI=1S/C11H20N2O2/c1-10(2,3)11-4-7(8(12)5-11)6-13(11)9(14)15/h7-8H,4-6,12H2,1-3H3,(H,14,15). The number of carboxylic acid groups (broad SMARTS) is 1. The van der Waals surface area contributed by atoms with Gasteiger partial charge in [-0.05, 0) is 24.2 Å². The van der Waals surface area contributed by atoms with E-state index in [4.69, 9.17) is 5.73 Å². The van der Waals surface area contributed by atoms with Gasteiger partial charge in [-0.25, -0.2) is 4.79 Å². The van der Waals surface area contributed by atoms with E-state index in [-0.39, 0.29) is 17.0 Å². The van der Waals surface area contributed by atoms with Gasteiger partial charge in [0.25, 0.3) is 0 Å². The molecule has 0 spiro atoms. The lowest BCUT2D eigenvalue weighted by Crippen LogP contribution is -2.58. The van der Waals surface area contributed by atoms with Crippen molar-refractivity contribution < 1.29 is 9.90 Å². The maximum atomic E-state index is 11.2. The Labute approximate surface area is 90.4 Å². The highest BCUT2D eigenvalue weighted by atomic mass is 16.4. The third-order valence-corrected chi connectivity index (χ3v) is 4.34. The van der Waals surface area contributed by atoms with Crippen LogP contribution in [0.4, 0.5) is 4.79 Å². The Balaban J connectivity index is 2.37. The van der Waals surface area contributed by atoms with Crippen molar-refractivity contribution in [2.24, 2.45) is 17.1 Å². The number of amides is 1. The molecule has 3 unspecified atom stereocenters. The first kappa shape index (κ1) is 10.7. The second-order valence-electron chi connectivity index (χ2n) is 6.01. The minimum atomic E-state index is -0.792. The molecule has 4 heteroatoms. The van der Waals surface area contributed by atoms with Gasteiger partial charge < -0.3 is 15.7 Å². The molecule has 1 heterocycles. The van der Waals surface area contributed by atoms with E-state index < -0.39 is 6.09 Å². The van der Waals surface area contributed by atoms with Crippen molar-refractivity contribution in [1.29, 1.82) is 0 Å². The van der Waals surface area contributed by atoms with Gasteiger partial charge in [0.15, 0.2) is 0 Å². The Hall–Kier alpha value is -0.770. The van der Waals surface area contributed by atoms with Gasteiger partial charge in [0, 0.05) is 12.6 Å². The molecular formula is C11H20N2O2. The third-order valence-electron chi connectivity index (χ3n) is 4.34. The number of rotatable bonds is 0. The van der Waals surface area contributed by atoms with Crippen molar-refractivity contribution in [3.8, 4) is 0 Å². The van der Waals surface area contributed by atoms with Crippen LogP contribution in [-0.2, 0) is 0 Å². The molecule has 1 amide bonds. The predicted octanol–water partition coefficient (Wildman–Crippen LogP) is 1.50. The van der Waals surface area contributed by atoms with Gasteiger partial charge >= 0.3 is 6.09 Å². The average Bonchev–Trinajstić information content (AvgIpc) is 2.57. The molecule has 1 saturated heterocycles. The molecule has 0 aromatic heterocycles. The number of likely N-dealkylation sites (tertiary alicyclic amines) is 1. The van der Waals surface area contributed by atoms with Crippen LogP contribution < -0.4 is 5.73 Å². The van der Waals surface area contributed by atoms with Gasteiger partial charge in [-0.3, -0.25) is 0 Å². The number of piperidine rings is 1. The molecule has 86 valence electrons. The SMILES string of the molecule is CC(C)(C)C12CC(N)C(CN1C(=O)O)C2. The minimum Gasteiger partial charge on any atom is -0.465 e. The van der Waals surface area contributed by atoms with E-state index in [1.54, 1.807) is 4.90 Å². The fourth-order valence-electron chi connectivity index (χ4n) is 3.33. The Bertz CT molecular complexity index is 293. The number of fused-ring (bicyclic) bond motifs is 2. The molecule has 1 aliphatic heterocycles. The van der Waals surface area contributed by atoms with Crippen LogP contribution >= 0.6 is 0 Å². The van der Waals surface area contributed by atoms with Crippen molar-refractivity contribution >= 4 is 6.09 Å². The lowest BCUT2D eigenvalue weighted by Gasteiger charge is -2.47. The van der Waals surface area contributed by atoms with Gasteiger partial charge in [-0.1, -0.05) is 20.8 Å². The molecule has 0 radical (unpaired) electrons. The number of nitrogens with two attached hydrogens (primary N) is 1. The molecule has 1 aliphatic carbocycles. The molecule has 0 aromatic carbocycles. The Morgan fingerprint density at radius 2 is 2.07 bits per heavy atom. The molecule has 4 nitrogen and oxygen atoms in total. The molecule has 2 bridgehead atoms. The van der Waals surface area contributed by atoms with Crippen LogP contribution in [0.25, 0.3) is 0 Å². The summed E-state index contributed by atoms with van der Waals surface area (Å²) in [5.74, 6) is 0.361. The van der Waals surface area contributed by atoms with E-state index >= 15 is 0 Å². The number of hydrogen-bond acceptors (Lipinski definition) is 2. The quantitative estimate of drug-likeness (QED) is 0.639. The first-order valence-electron chi connectivity index (χ1n) is 5.54. The summed E-state index contributed by atoms with van der Waals surface area (Å²) in [6, 6.07) is 0.180. The topological polar surface area (TPSA) is 66.6 Å². The van der Waals surface area contributed by atoms with E-state index in [1.807, 2.05) is 0 Å². The monoisotopic (exact) mass is 212 g/mol. The molecule has 0 aromatic rings. The van der Waals surface area contributed by atoms with Gasteiger partial charge in [0.1, 0.15) is 0 Å². The van der Waals surface area contributed by atoms with Crippen LogP contribution in [-0.4, -0.2) is 34.2 Å². The zero-order valence-corrected chi connectivity index (χ0v) is 9.66. The summed E-state index contributed by atoms with van der Waals surface area (Å²) >= 11 is 0. The van der Waals surface area contributed by atoms with Crippen LogP contribution in [0.2, 0.25) is 0 Å². The average molecular weight is 212 g/mol. The maximum Gasteiger partial charge on any atom is 0.407 e. The molecule has 15 heavy (non-hydrogen) atoms. The molecule has 3 atom stereocenters. The van der Waals surface area contributed by atoms with E-state index in [1.165, 1.54) is 0 Å². The fraction of sp³-hybridized carbons (Fsp3) is 0.909. The van der Waals surface area contributed by atoms with Crippen LogP contribution in [0.1, 0.15) is 33.6 Å². The molecule has 2 aliphatic rings. The van der Waals surface area contributed by atoms with E-state index in [9.17, 15) is 9.90 Å². The summed E-state index contributed by atoms with van der Waals surface area (Å²) in [7, 11) is 0. The molecule has 2 rings (SSSR count). The van der Waals surface area contributed by atoms with E-state index in [0.717, 1.165) is 12.8 Å². The van der Waals surface area contributed by atoms with Crippen LogP contribution in [0.3, 0.4) is 0 Å². The Kier molecular flexibility index (Phi) is 2.06. The van der Waals surface area contributed by atoms with Gasteiger partial charge in [0.05, 0.1) is 5.54 Å². The van der Waals surface area contributed by atoms with Crippen LogP contribution in [0, 0.1) is 11.3 Å². The zero-order chi connectivity index (χ0) is 11.4. The minimum absolute atomic E-state index is 0.0335. The maximum absolute atomic E-state index is 11.2. The van der Waals surface area contributed by atoms with Gasteiger partial charge in [-0.15, -0.1) is 0 Å². The second kappa shape index (κ2) is 2.88. The highest BCUT2D eigenvalue weighted by Crippen LogP contribution is 2.54. The zero-order valence-electron chi connectivity index (χ0n) is 9.66. The number of hydrogen-bond donors (Lipinski definition) is 2.